The zero-order valence-corrected chi connectivity index (χ0v) is 18.2. The summed E-state index contributed by atoms with van der Waals surface area (Å²) in [4.78, 5) is 64.7. The lowest BCUT2D eigenvalue weighted by atomic mass is 9.84. The zero-order valence-electron chi connectivity index (χ0n) is 18.2. The number of rotatable bonds is 5. The van der Waals surface area contributed by atoms with E-state index in [0.717, 1.165) is 0 Å². The van der Waals surface area contributed by atoms with Gasteiger partial charge in [-0.2, -0.15) is 0 Å². The van der Waals surface area contributed by atoms with Gasteiger partial charge in [-0.15, -0.1) is 0 Å². The van der Waals surface area contributed by atoms with Crippen LogP contribution in [0.3, 0.4) is 0 Å². The molecule has 8 nitrogen and oxygen atoms in total. The van der Waals surface area contributed by atoms with Crippen LogP contribution in [-0.2, 0) is 9.53 Å². The van der Waals surface area contributed by atoms with Gasteiger partial charge in [0.05, 0.1) is 0 Å². The fraction of sp³-hybridized carbons (Fsp3) is 0.160. The number of carbonyl (C=O) groups excluding carboxylic acids is 5. The summed E-state index contributed by atoms with van der Waals surface area (Å²) in [5.74, 6) is -2.12. The summed E-state index contributed by atoms with van der Waals surface area (Å²) in [5, 5.41) is 2.56. The Bertz CT molecular complexity index is 1370. The minimum atomic E-state index is -0.763. The molecule has 1 aliphatic rings. The van der Waals surface area contributed by atoms with Crippen LogP contribution in [-0.4, -0.2) is 40.8 Å². The molecule has 1 heterocycles. The first-order valence-electron chi connectivity index (χ1n) is 10.2. The summed E-state index contributed by atoms with van der Waals surface area (Å²) in [6.45, 7) is 4.13. The van der Waals surface area contributed by atoms with Crippen molar-refractivity contribution in [1.82, 2.24) is 4.98 Å². The number of ketones is 3. The summed E-state index contributed by atoms with van der Waals surface area (Å²) in [7, 11) is 0. The Labute approximate surface area is 189 Å². The van der Waals surface area contributed by atoms with E-state index in [-0.39, 0.29) is 34.2 Å². The molecule has 0 aliphatic heterocycles. The Morgan fingerprint density at radius 3 is 2.12 bits per heavy atom. The van der Waals surface area contributed by atoms with E-state index in [1.165, 1.54) is 25.1 Å². The number of carbonyl (C=O) groups is 5. The zero-order chi connectivity index (χ0) is 23.9. The molecular formula is C25H20N2O6. The molecule has 166 valence electrons. The van der Waals surface area contributed by atoms with Crippen LogP contribution in [0, 0.1) is 13.8 Å². The molecule has 0 radical (unpaired) electrons. The van der Waals surface area contributed by atoms with Gasteiger partial charge in [0, 0.05) is 39.2 Å². The third kappa shape index (κ3) is 3.87. The lowest BCUT2D eigenvalue weighted by Crippen LogP contribution is -2.23. The molecule has 0 saturated carbocycles. The van der Waals surface area contributed by atoms with Crippen LogP contribution in [0.25, 0.3) is 0 Å². The SMILES string of the molecule is CC(=O)c1c(C)[nH]c(C(=O)OCC(=O)Nc2ccc3c(c2)C(=O)c2ccccc2C3=O)c1C. The van der Waals surface area contributed by atoms with Crippen LogP contribution >= 0.6 is 0 Å². The highest BCUT2D eigenvalue weighted by Crippen LogP contribution is 2.29. The largest absolute Gasteiger partial charge is 0.451 e. The molecule has 0 unspecified atom stereocenters. The minimum Gasteiger partial charge on any atom is -0.451 e. The normalized spacial score (nSPS) is 12.1. The van der Waals surface area contributed by atoms with Crippen molar-refractivity contribution in [3.05, 3.63) is 87.2 Å². The highest BCUT2D eigenvalue weighted by Gasteiger charge is 2.29. The molecule has 33 heavy (non-hydrogen) atoms. The molecule has 1 aliphatic carbocycles. The molecule has 3 aromatic rings. The van der Waals surface area contributed by atoms with E-state index in [9.17, 15) is 24.0 Å². The number of esters is 1. The van der Waals surface area contributed by atoms with Gasteiger partial charge in [0.25, 0.3) is 5.91 Å². The van der Waals surface area contributed by atoms with Crippen molar-refractivity contribution >= 4 is 34.9 Å². The van der Waals surface area contributed by atoms with Crippen LogP contribution in [0.2, 0.25) is 0 Å². The average molecular weight is 444 g/mol. The number of fused-ring (bicyclic) bond motifs is 2. The van der Waals surface area contributed by atoms with Gasteiger partial charge in [0.15, 0.2) is 24.0 Å². The molecule has 0 bridgehead atoms. The second kappa shape index (κ2) is 8.31. The predicted molar refractivity (Wildman–Crippen MR) is 119 cm³/mol. The van der Waals surface area contributed by atoms with Gasteiger partial charge in [-0.05, 0) is 44.5 Å². The van der Waals surface area contributed by atoms with Crippen LogP contribution < -0.4 is 5.32 Å². The van der Waals surface area contributed by atoms with E-state index in [1.807, 2.05) is 0 Å². The maximum absolute atomic E-state index is 12.8. The maximum Gasteiger partial charge on any atom is 0.355 e. The van der Waals surface area contributed by atoms with Crippen molar-refractivity contribution in [3.8, 4) is 0 Å². The third-order valence-corrected chi connectivity index (χ3v) is 5.54. The van der Waals surface area contributed by atoms with Gasteiger partial charge in [0.2, 0.25) is 0 Å². The summed E-state index contributed by atoms with van der Waals surface area (Å²) < 4.78 is 5.07. The lowest BCUT2D eigenvalue weighted by molar-refractivity contribution is -0.119. The first-order valence-corrected chi connectivity index (χ1v) is 10.2. The highest BCUT2D eigenvalue weighted by atomic mass is 16.5. The molecule has 0 saturated heterocycles. The van der Waals surface area contributed by atoms with Crippen molar-refractivity contribution in [2.24, 2.45) is 0 Å². The Morgan fingerprint density at radius 2 is 1.52 bits per heavy atom. The monoisotopic (exact) mass is 444 g/mol. The van der Waals surface area contributed by atoms with Gasteiger partial charge in [-0.3, -0.25) is 19.2 Å². The van der Waals surface area contributed by atoms with Crippen molar-refractivity contribution < 1.29 is 28.7 Å². The smallest absolute Gasteiger partial charge is 0.355 e. The van der Waals surface area contributed by atoms with Gasteiger partial charge in [-0.25, -0.2) is 4.79 Å². The standard InChI is InChI=1S/C25H20N2O6/c1-12-21(14(3)28)13(2)26-22(12)25(32)33-11-20(29)27-15-8-9-18-19(10-15)24(31)17-7-5-4-6-16(17)23(18)30/h4-10,26H,11H2,1-3H3,(H,27,29). The molecule has 4 rings (SSSR count). The van der Waals surface area contributed by atoms with E-state index in [2.05, 4.69) is 10.3 Å². The van der Waals surface area contributed by atoms with Gasteiger partial charge in [-0.1, -0.05) is 24.3 Å². The van der Waals surface area contributed by atoms with Crippen LogP contribution in [0.5, 0.6) is 0 Å². The van der Waals surface area contributed by atoms with Gasteiger partial charge >= 0.3 is 5.97 Å². The molecule has 8 heteroatoms. The number of benzene rings is 2. The lowest BCUT2D eigenvalue weighted by Gasteiger charge is -2.18. The van der Waals surface area contributed by atoms with Gasteiger partial charge in [0.1, 0.15) is 5.69 Å². The Hall–Kier alpha value is -4.33. The van der Waals surface area contributed by atoms with Crippen molar-refractivity contribution in [2.75, 3.05) is 11.9 Å². The van der Waals surface area contributed by atoms with Crippen LogP contribution in [0.1, 0.15) is 70.9 Å². The summed E-state index contributed by atoms with van der Waals surface area (Å²) in [6, 6.07) is 11.0. The second-order valence-electron chi connectivity index (χ2n) is 7.77. The van der Waals surface area contributed by atoms with Crippen LogP contribution in [0.15, 0.2) is 42.5 Å². The van der Waals surface area contributed by atoms with Crippen molar-refractivity contribution in [2.45, 2.75) is 20.8 Å². The van der Waals surface area contributed by atoms with E-state index in [1.54, 1.807) is 38.1 Å². The molecule has 2 N–H and O–H groups in total. The number of ether oxygens (including phenoxy) is 1. The quantitative estimate of drug-likeness (QED) is 0.359. The van der Waals surface area contributed by atoms with Crippen molar-refractivity contribution in [3.63, 3.8) is 0 Å². The number of aromatic amines is 1. The summed E-state index contributed by atoms with van der Waals surface area (Å²) in [5.41, 5.74) is 2.96. The first-order chi connectivity index (χ1) is 15.7. The Kier molecular flexibility index (Phi) is 5.51. The molecule has 2 aromatic carbocycles. The number of amides is 1. The highest BCUT2D eigenvalue weighted by molar-refractivity contribution is 6.28. The van der Waals surface area contributed by atoms with E-state index >= 15 is 0 Å². The van der Waals surface area contributed by atoms with E-state index in [4.69, 9.17) is 4.74 Å². The number of aromatic nitrogens is 1. The fourth-order valence-corrected chi connectivity index (χ4v) is 4.06. The predicted octanol–water partition coefficient (Wildman–Crippen LogP) is 3.41. The molecular weight excluding hydrogens is 424 g/mol. The van der Waals surface area contributed by atoms with Gasteiger partial charge < -0.3 is 15.0 Å². The van der Waals surface area contributed by atoms with E-state index < -0.39 is 18.5 Å². The number of hydrogen-bond donors (Lipinski definition) is 2. The number of H-pyrrole nitrogens is 1. The summed E-state index contributed by atoms with van der Waals surface area (Å²) in [6.07, 6.45) is 0. The molecule has 0 atom stereocenters. The fourth-order valence-electron chi connectivity index (χ4n) is 4.06. The van der Waals surface area contributed by atoms with E-state index in [0.29, 0.717) is 33.6 Å². The molecule has 0 fully saturated rings. The third-order valence-electron chi connectivity index (χ3n) is 5.54. The number of nitrogens with one attached hydrogen (secondary N) is 2. The van der Waals surface area contributed by atoms with Crippen molar-refractivity contribution in [1.29, 1.82) is 0 Å². The number of anilines is 1. The Balaban J connectivity index is 1.45. The minimum absolute atomic E-state index is 0.113. The second-order valence-corrected chi connectivity index (χ2v) is 7.77. The van der Waals surface area contributed by atoms with Crippen LogP contribution in [0.4, 0.5) is 5.69 Å². The molecule has 1 amide bonds. The summed E-state index contributed by atoms with van der Waals surface area (Å²) >= 11 is 0. The topological polar surface area (TPSA) is 122 Å². The number of aryl methyl sites for hydroxylation is 1. The number of hydrogen-bond acceptors (Lipinski definition) is 6. The Morgan fingerprint density at radius 1 is 0.909 bits per heavy atom. The molecule has 1 aromatic heterocycles. The number of Topliss-reactive ketones (excluding diaryl/α,β-unsaturated/α-hetero) is 1. The maximum atomic E-state index is 12.8. The average Bonchev–Trinajstić information content (AvgIpc) is 3.09. The first kappa shape index (κ1) is 21.9. The molecule has 0 spiro atoms.